The SMILES string of the molecule is CN1C(=O)CNC(=O)[C@H](CO)NC(=O)[C@H](Cc2ccccc2)NC(=O)[C@H](CCCN=C(N)N)NC(=O)[C@@H]1Cc1ccc(O)cc1. The highest BCUT2D eigenvalue weighted by atomic mass is 16.3. The van der Waals surface area contributed by atoms with Crippen molar-refractivity contribution >= 4 is 35.5 Å². The van der Waals surface area contributed by atoms with E-state index in [1.165, 1.54) is 19.2 Å². The highest BCUT2D eigenvalue weighted by molar-refractivity contribution is 5.97. The Morgan fingerprint density at radius 2 is 1.42 bits per heavy atom. The zero-order valence-electron chi connectivity index (χ0n) is 24.9. The molecule has 0 radical (unpaired) electrons. The van der Waals surface area contributed by atoms with Crippen LogP contribution in [0.1, 0.15) is 24.0 Å². The molecule has 3 rings (SSSR count). The molecular weight excluding hydrogens is 584 g/mol. The van der Waals surface area contributed by atoms with Crippen LogP contribution in [0.4, 0.5) is 0 Å². The van der Waals surface area contributed by atoms with Gasteiger partial charge >= 0.3 is 0 Å². The van der Waals surface area contributed by atoms with E-state index in [2.05, 4.69) is 26.3 Å². The predicted molar refractivity (Wildman–Crippen MR) is 164 cm³/mol. The molecule has 242 valence electrons. The lowest BCUT2D eigenvalue weighted by Gasteiger charge is -2.30. The maximum atomic E-state index is 13.8. The van der Waals surface area contributed by atoms with Crippen LogP contribution < -0.4 is 32.7 Å². The Labute approximate surface area is 260 Å². The number of guanidine groups is 1. The Bertz CT molecular complexity index is 1370. The molecule has 5 amide bonds. The fourth-order valence-electron chi connectivity index (χ4n) is 4.68. The quantitative estimate of drug-likeness (QED) is 0.0844. The number of benzene rings is 2. The van der Waals surface area contributed by atoms with E-state index in [0.29, 0.717) is 11.1 Å². The van der Waals surface area contributed by atoms with E-state index in [4.69, 9.17) is 11.5 Å². The number of phenolic OH excluding ortho intramolecular Hbond substituents is 1. The summed E-state index contributed by atoms with van der Waals surface area (Å²) in [6, 6.07) is 9.99. The van der Waals surface area contributed by atoms with Gasteiger partial charge in [-0.25, -0.2) is 0 Å². The summed E-state index contributed by atoms with van der Waals surface area (Å²) in [6.45, 7) is -1.14. The third kappa shape index (κ3) is 10.5. The van der Waals surface area contributed by atoms with Gasteiger partial charge in [-0.2, -0.15) is 0 Å². The third-order valence-corrected chi connectivity index (χ3v) is 7.25. The summed E-state index contributed by atoms with van der Waals surface area (Å²) < 4.78 is 0. The first-order chi connectivity index (χ1) is 21.5. The second-order valence-corrected chi connectivity index (χ2v) is 10.6. The molecule has 0 aliphatic carbocycles. The number of hydrogen-bond donors (Lipinski definition) is 8. The maximum Gasteiger partial charge on any atom is 0.245 e. The van der Waals surface area contributed by atoms with Crippen molar-refractivity contribution in [3.8, 4) is 5.75 Å². The Morgan fingerprint density at radius 1 is 0.822 bits per heavy atom. The molecule has 15 nitrogen and oxygen atoms in total. The normalized spacial score (nSPS) is 21.8. The molecule has 0 unspecified atom stereocenters. The molecule has 1 aliphatic rings. The van der Waals surface area contributed by atoms with Crippen LogP contribution in [0.3, 0.4) is 0 Å². The molecular formula is C30H40N8O7. The molecule has 10 N–H and O–H groups in total. The second kappa shape index (κ2) is 16.6. The number of aliphatic hydroxyl groups is 1. The van der Waals surface area contributed by atoms with Crippen LogP contribution in [0.2, 0.25) is 0 Å². The first-order valence-electron chi connectivity index (χ1n) is 14.4. The van der Waals surface area contributed by atoms with Crippen molar-refractivity contribution in [2.45, 2.75) is 49.9 Å². The van der Waals surface area contributed by atoms with E-state index >= 15 is 0 Å². The van der Waals surface area contributed by atoms with E-state index in [9.17, 15) is 34.2 Å². The molecule has 2 aromatic rings. The van der Waals surface area contributed by atoms with Crippen molar-refractivity contribution in [1.82, 2.24) is 26.2 Å². The number of rotatable bonds is 9. The van der Waals surface area contributed by atoms with Crippen LogP contribution in [-0.2, 0) is 36.8 Å². The molecule has 1 fully saturated rings. The highest BCUT2D eigenvalue weighted by Gasteiger charge is 2.34. The Morgan fingerprint density at radius 3 is 2.07 bits per heavy atom. The molecule has 1 saturated heterocycles. The molecule has 45 heavy (non-hydrogen) atoms. The number of aliphatic hydroxyl groups excluding tert-OH is 1. The minimum absolute atomic E-state index is 0.0145. The van der Waals surface area contributed by atoms with Crippen molar-refractivity contribution in [1.29, 1.82) is 0 Å². The van der Waals surface area contributed by atoms with Gasteiger partial charge in [0.25, 0.3) is 0 Å². The first kappa shape index (κ1) is 34.3. The summed E-state index contributed by atoms with van der Waals surface area (Å²) >= 11 is 0. The summed E-state index contributed by atoms with van der Waals surface area (Å²) in [5.41, 5.74) is 12.2. The molecule has 0 aromatic heterocycles. The average Bonchev–Trinajstić information content (AvgIpc) is 3.02. The Kier molecular flexibility index (Phi) is 12.7. The number of nitrogens with two attached hydrogens (primary N) is 2. The van der Waals surface area contributed by atoms with Crippen LogP contribution in [0.25, 0.3) is 0 Å². The van der Waals surface area contributed by atoms with Gasteiger partial charge in [-0.15, -0.1) is 0 Å². The van der Waals surface area contributed by atoms with Crippen LogP contribution >= 0.6 is 0 Å². The molecule has 0 saturated carbocycles. The molecule has 1 aliphatic heterocycles. The standard InChI is InChI=1S/C30H40N8O7/c1-38-24(15-19-9-11-20(40)12-10-19)29(45)35-21(8-5-13-33-30(31)32)27(43)36-22(14-18-6-3-2-4-7-18)28(44)37-23(17-39)26(42)34-16-25(38)41/h2-4,6-7,9-12,21-24,39-40H,5,8,13-17H2,1H3,(H,34,42)(H,35,45)(H,36,43)(H,37,44)(H4,31,32,33)/t21-,22-,23-,24-/m0/s1. The number of carbonyl (C=O) groups is 5. The van der Waals surface area contributed by atoms with Gasteiger partial charge in [-0.1, -0.05) is 42.5 Å². The lowest BCUT2D eigenvalue weighted by atomic mass is 10.0. The zero-order valence-corrected chi connectivity index (χ0v) is 24.9. The zero-order chi connectivity index (χ0) is 32.9. The average molecular weight is 625 g/mol. The van der Waals surface area contributed by atoms with E-state index in [1.54, 1.807) is 42.5 Å². The van der Waals surface area contributed by atoms with Crippen LogP contribution in [-0.4, -0.2) is 102 Å². The summed E-state index contributed by atoms with van der Waals surface area (Å²) in [6.07, 6.45) is 0.420. The smallest absolute Gasteiger partial charge is 0.245 e. The van der Waals surface area contributed by atoms with Gasteiger partial charge in [0.1, 0.15) is 29.9 Å². The fraction of sp³-hybridized carbons (Fsp3) is 0.400. The van der Waals surface area contributed by atoms with Crippen molar-refractivity contribution in [3.63, 3.8) is 0 Å². The molecule has 0 bridgehead atoms. The lowest BCUT2D eigenvalue weighted by molar-refractivity contribution is -0.140. The number of amides is 5. The molecule has 15 heteroatoms. The number of aliphatic imine (C=N–C) groups is 1. The van der Waals surface area contributed by atoms with Gasteiger partial charge in [-0.3, -0.25) is 29.0 Å². The second-order valence-electron chi connectivity index (χ2n) is 10.6. The van der Waals surface area contributed by atoms with Gasteiger partial charge in [0, 0.05) is 26.4 Å². The van der Waals surface area contributed by atoms with Gasteiger partial charge in [0.2, 0.25) is 29.5 Å². The van der Waals surface area contributed by atoms with E-state index in [-0.39, 0.29) is 43.9 Å². The van der Waals surface area contributed by atoms with Gasteiger partial charge < -0.3 is 47.8 Å². The number of likely N-dealkylation sites (N-methyl/N-ethyl adjacent to an activating group) is 1. The molecule has 2 aromatic carbocycles. The van der Waals surface area contributed by atoms with E-state index in [0.717, 1.165) is 4.90 Å². The minimum Gasteiger partial charge on any atom is -0.508 e. The largest absolute Gasteiger partial charge is 0.508 e. The van der Waals surface area contributed by atoms with Crippen molar-refractivity contribution < 1.29 is 34.2 Å². The van der Waals surface area contributed by atoms with Gasteiger partial charge in [0.15, 0.2) is 5.96 Å². The van der Waals surface area contributed by atoms with Crippen molar-refractivity contribution in [3.05, 3.63) is 65.7 Å². The van der Waals surface area contributed by atoms with Gasteiger partial charge in [0.05, 0.1) is 13.2 Å². The number of phenols is 1. The number of aromatic hydroxyl groups is 1. The van der Waals surface area contributed by atoms with Crippen molar-refractivity contribution in [2.24, 2.45) is 16.5 Å². The Balaban J connectivity index is 2.00. The highest BCUT2D eigenvalue weighted by Crippen LogP contribution is 2.15. The van der Waals surface area contributed by atoms with Crippen molar-refractivity contribution in [2.75, 3.05) is 26.7 Å². The third-order valence-electron chi connectivity index (χ3n) is 7.25. The van der Waals surface area contributed by atoms with Gasteiger partial charge in [-0.05, 0) is 36.1 Å². The van der Waals surface area contributed by atoms with E-state index in [1.807, 2.05) is 0 Å². The van der Waals surface area contributed by atoms with E-state index < -0.39 is 66.9 Å². The number of hydrogen-bond acceptors (Lipinski definition) is 8. The predicted octanol–water partition coefficient (Wildman–Crippen LogP) is -2.37. The summed E-state index contributed by atoms with van der Waals surface area (Å²) in [7, 11) is 1.38. The monoisotopic (exact) mass is 624 g/mol. The summed E-state index contributed by atoms with van der Waals surface area (Å²) in [4.78, 5) is 71.9. The summed E-state index contributed by atoms with van der Waals surface area (Å²) in [5, 5.41) is 29.8. The fourth-order valence-corrected chi connectivity index (χ4v) is 4.68. The molecule has 1 heterocycles. The number of nitrogens with one attached hydrogen (secondary N) is 4. The first-order valence-corrected chi connectivity index (χ1v) is 14.4. The minimum atomic E-state index is -1.42. The topological polar surface area (TPSA) is 242 Å². The van der Waals surface area contributed by atoms with Crippen LogP contribution in [0, 0.1) is 0 Å². The maximum absolute atomic E-state index is 13.8. The lowest BCUT2D eigenvalue weighted by Crippen LogP contribution is -2.58. The number of carbonyl (C=O) groups excluding carboxylic acids is 5. The summed E-state index contributed by atoms with van der Waals surface area (Å²) in [5.74, 6) is -3.71. The molecule has 4 atom stereocenters. The number of nitrogens with zero attached hydrogens (tertiary/aromatic N) is 2. The molecule has 0 spiro atoms. The Hall–Kier alpha value is -5.18. The van der Waals surface area contributed by atoms with Crippen LogP contribution in [0.5, 0.6) is 5.75 Å². The van der Waals surface area contributed by atoms with Crippen LogP contribution in [0.15, 0.2) is 59.6 Å².